The molecule has 2 aromatic rings. The third-order valence-corrected chi connectivity index (χ3v) is 5.03. The first-order chi connectivity index (χ1) is 12.4. The van der Waals surface area contributed by atoms with Gasteiger partial charge in [-0.3, -0.25) is 14.4 Å². The second-order valence-corrected chi connectivity index (χ2v) is 6.90. The third kappa shape index (κ3) is 4.14. The van der Waals surface area contributed by atoms with Gasteiger partial charge in [0.2, 0.25) is 0 Å². The summed E-state index contributed by atoms with van der Waals surface area (Å²) in [5.74, 6) is -1.54. The van der Waals surface area contributed by atoms with Crippen LogP contribution in [0, 0.1) is 5.92 Å². The van der Waals surface area contributed by atoms with Crippen molar-refractivity contribution in [2.75, 3.05) is 0 Å². The van der Waals surface area contributed by atoms with Crippen molar-refractivity contribution in [2.24, 2.45) is 5.92 Å². The van der Waals surface area contributed by atoms with Crippen LogP contribution in [0.4, 0.5) is 0 Å². The number of carbonyl (C=O) groups is 2. The molecule has 3 rings (SSSR count). The molecule has 0 radical (unpaired) electrons. The Morgan fingerprint density at radius 3 is 2.65 bits per heavy atom. The number of amides is 1. The van der Waals surface area contributed by atoms with Gasteiger partial charge in [-0.2, -0.15) is 0 Å². The number of carboxylic acid groups (broad SMARTS) is 1. The number of hydrogen-bond donors (Lipinski definition) is 2. The maximum atomic E-state index is 12.5. The molecule has 2 atom stereocenters. The monoisotopic (exact) mass is 374 g/mol. The first kappa shape index (κ1) is 18.2. The van der Waals surface area contributed by atoms with E-state index in [4.69, 9.17) is 16.7 Å². The summed E-state index contributed by atoms with van der Waals surface area (Å²) in [4.78, 5) is 35.6. The highest BCUT2D eigenvalue weighted by atomic mass is 35.5. The summed E-state index contributed by atoms with van der Waals surface area (Å²) in [7, 11) is 0. The van der Waals surface area contributed by atoms with Crippen molar-refractivity contribution in [3.8, 4) is 0 Å². The van der Waals surface area contributed by atoms with Crippen LogP contribution in [0.1, 0.15) is 35.2 Å². The Labute approximate surface area is 155 Å². The van der Waals surface area contributed by atoms with E-state index >= 15 is 0 Å². The quantitative estimate of drug-likeness (QED) is 0.841. The fourth-order valence-electron chi connectivity index (χ4n) is 3.21. The average molecular weight is 375 g/mol. The molecule has 1 aromatic carbocycles. The van der Waals surface area contributed by atoms with Crippen molar-refractivity contribution in [1.29, 1.82) is 0 Å². The van der Waals surface area contributed by atoms with E-state index < -0.39 is 11.9 Å². The Bertz CT molecular complexity index is 893. The van der Waals surface area contributed by atoms with Gasteiger partial charge in [0.1, 0.15) is 0 Å². The number of carboxylic acids is 1. The van der Waals surface area contributed by atoms with Crippen LogP contribution in [0.3, 0.4) is 0 Å². The van der Waals surface area contributed by atoms with Gasteiger partial charge in [-0.15, -0.1) is 0 Å². The minimum Gasteiger partial charge on any atom is -0.481 e. The molecule has 1 saturated carbocycles. The molecule has 26 heavy (non-hydrogen) atoms. The molecule has 7 heteroatoms. The number of benzene rings is 1. The minimum absolute atomic E-state index is 0.160. The first-order valence-corrected chi connectivity index (χ1v) is 8.79. The van der Waals surface area contributed by atoms with E-state index in [2.05, 4.69) is 5.32 Å². The molecule has 1 heterocycles. The number of halogens is 1. The number of nitrogens with zero attached hydrogens (tertiary/aromatic N) is 1. The maximum Gasteiger partial charge on any atom is 0.306 e. The lowest BCUT2D eigenvalue weighted by Gasteiger charge is -2.14. The number of aliphatic carboxylic acids is 1. The molecule has 0 saturated heterocycles. The van der Waals surface area contributed by atoms with Gasteiger partial charge in [0, 0.05) is 23.3 Å². The predicted octanol–water partition coefficient (Wildman–Crippen LogP) is 2.53. The Morgan fingerprint density at radius 1 is 1.19 bits per heavy atom. The molecule has 0 aliphatic heterocycles. The molecule has 0 unspecified atom stereocenters. The lowest BCUT2D eigenvalue weighted by atomic mass is 10.1. The molecule has 1 fully saturated rings. The summed E-state index contributed by atoms with van der Waals surface area (Å²) in [5, 5.41) is 12.5. The number of carbonyl (C=O) groups excluding carboxylic acids is 1. The first-order valence-electron chi connectivity index (χ1n) is 8.41. The van der Waals surface area contributed by atoms with Crippen LogP contribution in [-0.2, 0) is 11.3 Å². The number of hydrogen-bond acceptors (Lipinski definition) is 3. The predicted molar refractivity (Wildman–Crippen MR) is 97.5 cm³/mol. The van der Waals surface area contributed by atoms with Gasteiger partial charge < -0.3 is 15.0 Å². The van der Waals surface area contributed by atoms with E-state index in [-0.39, 0.29) is 24.1 Å². The molecule has 0 spiro atoms. The average Bonchev–Trinajstić information content (AvgIpc) is 3.07. The van der Waals surface area contributed by atoms with Gasteiger partial charge in [-0.1, -0.05) is 29.8 Å². The van der Waals surface area contributed by atoms with E-state index in [0.717, 1.165) is 5.56 Å². The lowest BCUT2D eigenvalue weighted by molar-refractivity contribution is -0.141. The summed E-state index contributed by atoms with van der Waals surface area (Å²) < 4.78 is 1.44. The zero-order chi connectivity index (χ0) is 18.7. The van der Waals surface area contributed by atoms with Gasteiger partial charge in [0.15, 0.2) is 0 Å². The second kappa shape index (κ2) is 7.74. The van der Waals surface area contributed by atoms with Crippen molar-refractivity contribution in [3.05, 3.63) is 69.1 Å². The van der Waals surface area contributed by atoms with Crippen LogP contribution in [-0.4, -0.2) is 27.6 Å². The number of nitrogens with one attached hydrogen (secondary N) is 1. The Kier molecular flexibility index (Phi) is 5.42. The third-order valence-electron chi connectivity index (χ3n) is 4.66. The molecule has 6 nitrogen and oxygen atoms in total. The summed E-state index contributed by atoms with van der Waals surface area (Å²) in [6.07, 6.45) is 3.14. The molecular weight excluding hydrogens is 356 g/mol. The van der Waals surface area contributed by atoms with Crippen molar-refractivity contribution in [3.63, 3.8) is 0 Å². The molecule has 1 amide bonds. The van der Waals surface area contributed by atoms with Gasteiger partial charge in [0.25, 0.3) is 11.5 Å². The van der Waals surface area contributed by atoms with Crippen LogP contribution >= 0.6 is 11.6 Å². The molecule has 1 aliphatic carbocycles. The van der Waals surface area contributed by atoms with Crippen molar-refractivity contribution in [2.45, 2.75) is 31.8 Å². The summed E-state index contributed by atoms with van der Waals surface area (Å²) in [6, 6.07) is 9.88. The number of rotatable bonds is 5. The van der Waals surface area contributed by atoms with Gasteiger partial charge in [-0.05, 0) is 37.0 Å². The van der Waals surface area contributed by atoms with Crippen LogP contribution in [0.2, 0.25) is 5.02 Å². The van der Waals surface area contributed by atoms with Gasteiger partial charge >= 0.3 is 5.97 Å². The number of pyridine rings is 1. The summed E-state index contributed by atoms with van der Waals surface area (Å²) >= 11 is 6.14. The fraction of sp³-hybridized carbons (Fsp3) is 0.316. The highest BCUT2D eigenvalue weighted by Crippen LogP contribution is 2.25. The van der Waals surface area contributed by atoms with Crippen LogP contribution in [0.5, 0.6) is 0 Å². The van der Waals surface area contributed by atoms with Crippen molar-refractivity contribution >= 4 is 23.5 Å². The van der Waals surface area contributed by atoms with Crippen molar-refractivity contribution in [1.82, 2.24) is 9.88 Å². The van der Waals surface area contributed by atoms with E-state index in [1.165, 1.54) is 22.9 Å². The van der Waals surface area contributed by atoms with Crippen molar-refractivity contribution < 1.29 is 14.7 Å². The van der Waals surface area contributed by atoms with E-state index in [0.29, 0.717) is 29.8 Å². The molecule has 2 N–H and O–H groups in total. The largest absolute Gasteiger partial charge is 0.481 e. The minimum atomic E-state index is -0.824. The molecule has 136 valence electrons. The summed E-state index contributed by atoms with van der Waals surface area (Å²) in [5.41, 5.74) is 0.914. The van der Waals surface area contributed by atoms with E-state index in [9.17, 15) is 14.4 Å². The van der Waals surface area contributed by atoms with E-state index in [1.54, 1.807) is 6.07 Å². The normalized spacial score (nSPS) is 19.3. The zero-order valence-corrected chi connectivity index (χ0v) is 14.8. The van der Waals surface area contributed by atoms with Gasteiger partial charge in [-0.25, -0.2) is 0 Å². The standard InChI is InChI=1S/C19H19ClN2O4/c20-16-4-2-1-3-13(16)10-22-11-14(6-8-17(22)23)18(24)21-15-7-5-12(9-15)19(25)26/h1-4,6,8,11-12,15H,5,7,9-10H2,(H,21,24)(H,25,26)/t12-,15+/m1/s1. The Balaban J connectivity index is 1.73. The highest BCUT2D eigenvalue weighted by Gasteiger charge is 2.30. The molecule has 1 aliphatic rings. The Morgan fingerprint density at radius 2 is 1.96 bits per heavy atom. The molecule has 0 bridgehead atoms. The van der Waals surface area contributed by atoms with Crippen LogP contribution in [0.15, 0.2) is 47.4 Å². The highest BCUT2D eigenvalue weighted by molar-refractivity contribution is 6.31. The topological polar surface area (TPSA) is 88.4 Å². The molecular formula is C19H19ClN2O4. The SMILES string of the molecule is O=C(N[C@H]1CC[C@@H](C(=O)O)C1)c1ccc(=O)n(Cc2ccccc2Cl)c1. The van der Waals surface area contributed by atoms with Gasteiger partial charge in [0.05, 0.1) is 18.0 Å². The summed E-state index contributed by atoms with van der Waals surface area (Å²) in [6.45, 7) is 0.268. The van der Waals surface area contributed by atoms with Crippen LogP contribution < -0.4 is 10.9 Å². The molecule has 1 aromatic heterocycles. The Hall–Kier alpha value is -2.60. The maximum absolute atomic E-state index is 12.5. The van der Waals surface area contributed by atoms with E-state index in [1.807, 2.05) is 18.2 Å². The number of aromatic nitrogens is 1. The lowest BCUT2D eigenvalue weighted by Crippen LogP contribution is -2.34. The zero-order valence-electron chi connectivity index (χ0n) is 14.0. The van der Waals surface area contributed by atoms with Crippen LogP contribution in [0.25, 0.3) is 0 Å². The second-order valence-electron chi connectivity index (χ2n) is 6.49. The smallest absolute Gasteiger partial charge is 0.306 e. The fourth-order valence-corrected chi connectivity index (χ4v) is 3.40.